The van der Waals surface area contributed by atoms with E-state index in [9.17, 15) is 18.0 Å². The van der Waals surface area contributed by atoms with Crippen molar-refractivity contribution in [3.8, 4) is 0 Å². The van der Waals surface area contributed by atoms with Gasteiger partial charge in [-0.05, 0) is 29.9 Å². The number of aromatic amines is 2. The lowest BCUT2D eigenvalue weighted by Crippen LogP contribution is -2.23. The summed E-state index contributed by atoms with van der Waals surface area (Å²) in [5.74, 6) is 0. The highest BCUT2D eigenvalue weighted by Crippen LogP contribution is 2.30. The van der Waals surface area contributed by atoms with Gasteiger partial charge >= 0.3 is 6.18 Å². The van der Waals surface area contributed by atoms with Gasteiger partial charge in [-0.1, -0.05) is 29.3 Å². The van der Waals surface area contributed by atoms with Gasteiger partial charge in [0, 0.05) is 6.42 Å². The molecule has 0 bridgehead atoms. The summed E-state index contributed by atoms with van der Waals surface area (Å²) in [6.45, 7) is 0. The molecular formula is C12H7Cl2F3N2OS. The summed E-state index contributed by atoms with van der Waals surface area (Å²) < 4.78 is 38.5. The Labute approximate surface area is 131 Å². The van der Waals surface area contributed by atoms with Gasteiger partial charge in [0.25, 0.3) is 5.56 Å². The van der Waals surface area contributed by atoms with E-state index < -0.39 is 23.0 Å². The van der Waals surface area contributed by atoms with Gasteiger partial charge in [-0.15, -0.1) is 0 Å². The predicted molar refractivity (Wildman–Crippen MR) is 76.5 cm³/mol. The highest BCUT2D eigenvalue weighted by Gasteiger charge is 2.35. The van der Waals surface area contributed by atoms with E-state index in [-0.39, 0.29) is 21.2 Å². The molecule has 0 saturated heterocycles. The third kappa shape index (κ3) is 3.66. The molecule has 2 N–H and O–H groups in total. The topological polar surface area (TPSA) is 48.6 Å². The second-order valence-electron chi connectivity index (χ2n) is 4.18. The molecule has 9 heteroatoms. The van der Waals surface area contributed by atoms with Crippen LogP contribution in [0.2, 0.25) is 10.0 Å². The summed E-state index contributed by atoms with van der Waals surface area (Å²) in [7, 11) is 0. The van der Waals surface area contributed by atoms with Crippen LogP contribution in [0.1, 0.15) is 16.8 Å². The lowest BCUT2D eigenvalue weighted by molar-refractivity contribution is -0.142. The van der Waals surface area contributed by atoms with Gasteiger partial charge in [0.15, 0.2) is 4.77 Å². The van der Waals surface area contributed by atoms with Crippen molar-refractivity contribution in [1.82, 2.24) is 9.97 Å². The van der Waals surface area contributed by atoms with Crippen LogP contribution in [0.5, 0.6) is 0 Å². The van der Waals surface area contributed by atoms with Crippen LogP contribution in [0, 0.1) is 4.77 Å². The first kappa shape index (κ1) is 16.1. The lowest BCUT2D eigenvalue weighted by Gasteiger charge is -2.12. The van der Waals surface area contributed by atoms with E-state index in [0.717, 1.165) is 0 Å². The minimum atomic E-state index is -4.71. The summed E-state index contributed by atoms with van der Waals surface area (Å²) in [5.41, 5.74) is -2.10. The number of hydrogen-bond donors (Lipinski definition) is 2. The van der Waals surface area contributed by atoms with Crippen molar-refractivity contribution in [2.75, 3.05) is 0 Å². The third-order valence-electron chi connectivity index (χ3n) is 2.69. The largest absolute Gasteiger partial charge is 0.431 e. The quantitative estimate of drug-likeness (QED) is 0.787. The maximum Gasteiger partial charge on any atom is 0.431 e. The number of halogens is 5. The molecule has 0 amide bonds. The number of hydrogen-bond acceptors (Lipinski definition) is 2. The standard InChI is InChI=1S/C12H7Cl2F3N2OS/c13-7-2-1-5(4-8(7)14)3-6-9(12(15,16)17)18-11(21)19-10(6)20/h1-2,4H,3H2,(H2,18,19,20,21). The van der Waals surface area contributed by atoms with Crippen LogP contribution in [-0.2, 0) is 12.6 Å². The average molecular weight is 355 g/mol. The maximum absolute atomic E-state index is 13.0. The Kier molecular flexibility index (Phi) is 4.46. The first-order chi connectivity index (χ1) is 9.68. The van der Waals surface area contributed by atoms with Crippen LogP contribution in [0.15, 0.2) is 23.0 Å². The molecular weight excluding hydrogens is 348 g/mol. The Bertz CT molecular complexity index is 798. The molecule has 3 nitrogen and oxygen atoms in total. The highest BCUT2D eigenvalue weighted by molar-refractivity contribution is 7.71. The van der Waals surface area contributed by atoms with E-state index >= 15 is 0 Å². The zero-order valence-electron chi connectivity index (χ0n) is 10.1. The molecule has 0 fully saturated rings. The predicted octanol–water partition coefficient (Wildman–Crippen LogP) is 4.35. The van der Waals surface area contributed by atoms with Gasteiger partial charge in [0.1, 0.15) is 5.69 Å². The van der Waals surface area contributed by atoms with Gasteiger partial charge in [-0.2, -0.15) is 13.2 Å². The molecule has 21 heavy (non-hydrogen) atoms. The van der Waals surface area contributed by atoms with Crippen LogP contribution < -0.4 is 5.56 Å². The summed E-state index contributed by atoms with van der Waals surface area (Å²) in [4.78, 5) is 15.9. The second-order valence-corrected chi connectivity index (χ2v) is 5.41. The molecule has 0 spiro atoms. The molecule has 0 aliphatic carbocycles. The number of H-pyrrole nitrogens is 2. The molecule has 2 rings (SSSR count). The molecule has 0 unspecified atom stereocenters. The number of aromatic nitrogens is 2. The summed E-state index contributed by atoms with van der Waals surface area (Å²) >= 11 is 16.1. The molecule has 112 valence electrons. The fourth-order valence-electron chi connectivity index (χ4n) is 1.78. The van der Waals surface area contributed by atoms with Crippen LogP contribution in [-0.4, -0.2) is 9.97 Å². The highest BCUT2D eigenvalue weighted by atomic mass is 35.5. The Morgan fingerprint density at radius 3 is 2.38 bits per heavy atom. The first-order valence-electron chi connectivity index (χ1n) is 5.55. The van der Waals surface area contributed by atoms with Gasteiger partial charge in [0.05, 0.1) is 15.6 Å². The van der Waals surface area contributed by atoms with Crippen LogP contribution in [0.25, 0.3) is 0 Å². The first-order valence-corrected chi connectivity index (χ1v) is 6.71. The van der Waals surface area contributed by atoms with Gasteiger partial charge in [-0.25, -0.2) is 0 Å². The summed E-state index contributed by atoms with van der Waals surface area (Å²) in [6, 6.07) is 4.35. The van der Waals surface area contributed by atoms with Gasteiger partial charge in [-0.3, -0.25) is 9.78 Å². The number of rotatable bonds is 2. The van der Waals surface area contributed by atoms with E-state index in [0.29, 0.717) is 5.56 Å². The fourth-order valence-corrected chi connectivity index (χ4v) is 2.29. The SMILES string of the molecule is O=c1[nH]c(=S)[nH]c(C(F)(F)F)c1Cc1ccc(Cl)c(Cl)c1. The van der Waals surface area contributed by atoms with E-state index in [2.05, 4.69) is 17.2 Å². The van der Waals surface area contributed by atoms with Crippen molar-refractivity contribution < 1.29 is 13.2 Å². The van der Waals surface area contributed by atoms with Gasteiger partial charge in [0.2, 0.25) is 0 Å². The molecule has 2 aromatic rings. The molecule has 1 heterocycles. The van der Waals surface area contributed by atoms with Crippen molar-refractivity contribution in [3.63, 3.8) is 0 Å². The normalized spacial score (nSPS) is 11.7. The molecule has 1 aromatic carbocycles. The Hall–Kier alpha value is -1.31. The fraction of sp³-hybridized carbons (Fsp3) is 0.167. The Balaban J connectivity index is 2.56. The molecule has 1 aromatic heterocycles. The zero-order valence-corrected chi connectivity index (χ0v) is 12.5. The maximum atomic E-state index is 13.0. The average Bonchev–Trinajstić information content (AvgIpc) is 2.35. The van der Waals surface area contributed by atoms with Crippen molar-refractivity contribution in [3.05, 3.63) is 60.2 Å². The van der Waals surface area contributed by atoms with E-state index in [1.807, 2.05) is 4.98 Å². The van der Waals surface area contributed by atoms with Crippen molar-refractivity contribution in [2.24, 2.45) is 0 Å². The molecule has 0 aliphatic heterocycles. The van der Waals surface area contributed by atoms with Crippen molar-refractivity contribution in [2.45, 2.75) is 12.6 Å². The third-order valence-corrected chi connectivity index (χ3v) is 3.63. The van der Waals surface area contributed by atoms with Crippen molar-refractivity contribution >= 4 is 35.4 Å². The van der Waals surface area contributed by atoms with Crippen LogP contribution >= 0.6 is 35.4 Å². The lowest BCUT2D eigenvalue weighted by atomic mass is 10.0. The summed E-state index contributed by atoms with van der Waals surface area (Å²) in [6.07, 6.45) is -4.97. The molecule has 0 atom stereocenters. The molecule has 0 aliphatic rings. The summed E-state index contributed by atoms with van der Waals surface area (Å²) in [5, 5.41) is 0.473. The van der Waals surface area contributed by atoms with E-state index in [1.165, 1.54) is 18.2 Å². The minimum Gasteiger partial charge on any atom is -0.328 e. The smallest absolute Gasteiger partial charge is 0.328 e. The Morgan fingerprint density at radius 1 is 1.14 bits per heavy atom. The number of benzene rings is 1. The Morgan fingerprint density at radius 2 is 1.81 bits per heavy atom. The monoisotopic (exact) mass is 354 g/mol. The van der Waals surface area contributed by atoms with E-state index in [1.54, 1.807) is 0 Å². The van der Waals surface area contributed by atoms with Gasteiger partial charge < -0.3 is 4.98 Å². The van der Waals surface area contributed by atoms with Crippen LogP contribution in [0.3, 0.4) is 0 Å². The number of alkyl halides is 3. The zero-order chi connectivity index (χ0) is 15.8. The van der Waals surface area contributed by atoms with E-state index in [4.69, 9.17) is 23.2 Å². The second kappa shape index (κ2) is 5.82. The number of nitrogens with one attached hydrogen (secondary N) is 2. The minimum absolute atomic E-state index is 0.197. The van der Waals surface area contributed by atoms with Crippen molar-refractivity contribution in [1.29, 1.82) is 0 Å². The molecule has 0 radical (unpaired) electrons. The molecule has 0 saturated carbocycles. The van der Waals surface area contributed by atoms with Crippen LogP contribution in [0.4, 0.5) is 13.2 Å².